The number of hydrogen-bond donors (Lipinski definition) is 1. The van der Waals surface area contributed by atoms with Crippen LogP contribution in [-0.2, 0) is 4.74 Å². The quantitative estimate of drug-likeness (QED) is 0.725. The van der Waals surface area contributed by atoms with Gasteiger partial charge in [-0.2, -0.15) is 0 Å². The van der Waals surface area contributed by atoms with E-state index in [1.165, 1.54) is 0 Å². The van der Waals surface area contributed by atoms with Crippen molar-refractivity contribution in [2.45, 2.75) is 50.8 Å². The average Bonchev–Trinajstić information content (AvgIpc) is 2.55. The first kappa shape index (κ1) is 9.77. The van der Waals surface area contributed by atoms with Gasteiger partial charge >= 0.3 is 6.09 Å². The molecule has 1 N–H and O–H groups in total. The molecule has 0 saturated carbocycles. The number of piperidine rings is 1. The van der Waals surface area contributed by atoms with Crippen LogP contribution in [0.2, 0.25) is 0 Å². The van der Waals surface area contributed by atoms with E-state index in [0.717, 1.165) is 25.7 Å². The minimum absolute atomic E-state index is 0.0159. The van der Waals surface area contributed by atoms with Crippen molar-refractivity contribution in [2.75, 3.05) is 6.61 Å². The van der Waals surface area contributed by atoms with Crippen molar-refractivity contribution in [1.29, 1.82) is 0 Å². The van der Waals surface area contributed by atoms with Crippen molar-refractivity contribution in [2.24, 2.45) is 0 Å². The van der Waals surface area contributed by atoms with Crippen LogP contribution in [0.1, 0.15) is 32.6 Å². The number of aliphatic hydroxyl groups is 1. The molecule has 2 heterocycles. The number of carbonyl (C=O) groups is 1. The first-order valence-electron chi connectivity index (χ1n) is 5.37. The summed E-state index contributed by atoms with van der Waals surface area (Å²) in [4.78, 5) is 13.3. The van der Waals surface area contributed by atoms with Crippen molar-refractivity contribution in [3.05, 3.63) is 0 Å². The van der Waals surface area contributed by atoms with Gasteiger partial charge < -0.3 is 9.84 Å². The Kier molecular flexibility index (Phi) is 2.63. The largest absolute Gasteiger partial charge is 0.444 e. The minimum Gasteiger partial charge on any atom is -0.444 e. The standard InChI is InChI=1S/C10H17NO3/c1-2-9-8-5-3-4-7(6-12)11(8)10(13)14-9/h7-9,12H,2-6H2,1H3/t7-,8+,9+/m0/s1. The summed E-state index contributed by atoms with van der Waals surface area (Å²) in [6.07, 6.45) is 3.67. The van der Waals surface area contributed by atoms with E-state index in [1.54, 1.807) is 4.90 Å². The highest BCUT2D eigenvalue weighted by atomic mass is 16.6. The van der Waals surface area contributed by atoms with E-state index in [2.05, 4.69) is 0 Å². The maximum absolute atomic E-state index is 11.5. The molecule has 2 saturated heterocycles. The highest BCUT2D eigenvalue weighted by molar-refractivity contribution is 5.71. The number of ether oxygens (including phenoxy) is 1. The van der Waals surface area contributed by atoms with Crippen LogP contribution in [0, 0.1) is 0 Å². The van der Waals surface area contributed by atoms with E-state index in [1.807, 2.05) is 6.92 Å². The Labute approximate surface area is 83.8 Å². The van der Waals surface area contributed by atoms with Crippen molar-refractivity contribution in [3.63, 3.8) is 0 Å². The van der Waals surface area contributed by atoms with E-state index in [0.29, 0.717) is 0 Å². The third kappa shape index (κ3) is 1.38. The SMILES string of the molecule is CC[C@H]1OC(=O)N2[C@H](CO)CCC[C@H]12. The minimum atomic E-state index is -0.236. The van der Waals surface area contributed by atoms with Crippen molar-refractivity contribution < 1.29 is 14.6 Å². The number of aliphatic hydroxyl groups excluding tert-OH is 1. The van der Waals surface area contributed by atoms with Crippen LogP contribution in [0.4, 0.5) is 4.79 Å². The lowest BCUT2D eigenvalue weighted by atomic mass is 9.93. The third-order valence-electron chi connectivity index (χ3n) is 3.29. The monoisotopic (exact) mass is 199 g/mol. The third-order valence-corrected chi connectivity index (χ3v) is 3.29. The van der Waals surface area contributed by atoms with Crippen molar-refractivity contribution >= 4 is 6.09 Å². The van der Waals surface area contributed by atoms with Gasteiger partial charge in [0.15, 0.2) is 0 Å². The summed E-state index contributed by atoms with van der Waals surface area (Å²) in [5.74, 6) is 0. The number of cyclic esters (lactones) is 1. The van der Waals surface area contributed by atoms with Crippen LogP contribution >= 0.6 is 0 Å². The Hall–Kier alpha value is -0.770. The fraction of sp³-hybridized carbons (Fsp3) is 0.900. The van der Waals surface area contributed by atoms with Gasteiger partial charge in [-0.15, -0.1) is 0 Å². The molecule has 1 amide bonds. The smallest absolute Gasteiger partial charge is 0.410 e. The van der Waals surface area contributed by atoms with Gasteiger partial charge in [0.05, 0.1) is 18.7 Å². The van der Waals surface area contributed by atoms with Gasteiger partial charge in [-0.3, -0.25) is 4.90 Å². The van der Waals surface area contributed by atoms with E-state index in [4.69, 9.17) is 9.84 Å². The molecule has 3 atom stereocenters. The summed E-state index contributed by atoms with van der Waals surface area (Å²) in [6, 6.07) is 0.191. The summed E-state index contributed by atoms with van der Waals surface area (Å²) in [5, 5.41) is 9.17. The van der Waals surface area contributed by atoms with Gasteiger partial charge in [-0.25, -0.2) is 4.79 Å². The van der Waals surface area contributed by atoms with Crippen LogP contribution in [-0.4, -0.2) is 40.9 Å². The molecule has 0 aliphatic carbocycles. The van der Waals surface area contributed by atoms with Gasteiger partial charge in [-0.1, -0.05) is 6.92 Å². The molecule has 0 bridgehead atoms. The summed E-state index contributed by atoms with van der Waals surface area (Å²) in [7, 11) is 0. The lowest BCUT2D eigenvalue weighted by Gasteiger charge is -2.35. The zero-order chi connectivity index (χ0) is 10.1. The van der Waals surface area contributed by atoms with Gasteiger partial charge in [0.2, 0.25) is 0 Å². The summed E-state index contributed by atoms with van der Waals surface area (Å²) in [5.41, 5.74) is 0. The summed E-state index contributed by atoms with van der Waals surface area (Å²) >= 11 is 0. The molecule has 4 heteroatoms. The number of carbonyl (C=O) groups excluding carboxylic acids is 1. The van der Waals surface area contributed by atoms with Crippen LogP contribution < -0.4 is 0 Å². The zero-order valence-electron chi connectivity index (χ0n) is 8.48. The molecule has 2 aliphatic rings. The van der Waals surface area contributed by atoms with E-state index >= 15 is 0 Å². The Morgan fingerprint density at radius 2 is 2.36 bits per heavy atom. The molecular formula is C10H17NO3. The molecule has 0 unspecified atom stereocenters. The van der Waals surface area contributed by atoms with E-state index in [-0.39, 0.29) is 30.9 Å². The molecule has 4 nitrogen and oxygen atoms in total. The highest BCUT2D eigenvalue weighted by Gasteiger charge is 2.45. The Bertz CT molecular complexity index is 231. The second-order valence-corrected chi connectivity index (χ2v) is 4.07. The highest BCUT2D eigenvalue weighted by Crippen LogP contribution is 2.33. The molecule has 0 aromatic rings. The fourth-order valence-corrected chi connectivity index (χ4v) is 2.56. The Morgan fingerprint density at radius 3 is 3.00 bits per heavy atom. The Balaban J connectivity index is 2.15. The van der Waals surface area contributed by atoms with Gasteiger partial charge in [0.25, 0.3) is 0 Å². The predicted octanol–water partition coefficient (Wildman–Crippen LogP) is 1.13. The first-order chi connectivity index (χ1) is 6.77. The zero-order valence-corrected chi connectivity index (χ0v) is 8.48. The van der Waals surface area contributed by atoms with E-state index < -0.39 is 0 Å². The fourth-order valence-electron chi connectivity index (χ4n) is 2.56. The van der Waals surface area contributed by atoms with Gasteiger partial charge in [0, 0.05) is 0 Å². The molecule has 14 heavy (non-hydrogen) atoms. The van der Waals surface area contributed by atoms with Crippen LogP contribution in [0.25, 0.3) is 0 Å². The summed E-state index contributed by atoms with van der Waals surface area (Å²) < 4.78 is 5.27. The normalized spacial score (nSPS) is 36.9. The number of amides is 1. The second kappa shape index (κ2) is 3.77. The molecule has 2 rings (SSSR count). The number of hydrogen-bond acceptors (Lipinski definition) is 3. The maximum atomic E-state index is 11.5. The predicted molar refractivity (Wildman–Crippen MR) is 50.9 cm³/mol. The molecule has 0 aromatic carbocycles. The van der Waals surface area contributed by atoms with Crippen LogP contribution in [0.5, 0.6) is 0 Å². The molecule has 0 aromatic heterocycles. The topological polar surface area (TPSA) is 49.8 Å². The van der Waals surface area contributed by atoms with Gasteiger partial charge in [-0.05, 0) is 25.7 Å². The van der Waals surface area contributed by atoms with E-state index in [9.17, 15) is 4.79 Å². The second-order valence-electron chi connectivity index (χ2n) is 4.07. The van der Waals surface area contributed by atoms with Crippen molar-refractivity contribution in [3.8, 4) is 0 Å². The lowest BCUT2D eigenvalue weighted by molar-refractivity contribution is 0.0884. The molecule has 0 radical (unpaired) electrons. The number of rotatable bonds is 2. The molecule has 80 valence electrons. The van der Waals surface area contributed by atoms with Crippen LogP contribution in [0.3, 0.4) is 0 Å². The molecule has 2 fully saturated rings. The molecular weight excluding hydrogens is 182 g/mol. The Morgan fingerprint density at radius 1 is 1.57 bits per heavy atom. The average molecular weight is 199 g/mol. The van der Waals surface area contributed by atoms with Crippen LogP contribution in [0.15, 0.2) is 0 Å². The maximum Gasteiger partial charge on any atom is 0.410 e. The lowest BCUT2D eigenvalue weighted by Crippen LogP contribution is -2.48. The molecule has 0 spiro atoms. The van der Waals surface area contributed by atoms with Crippen molar-refractivity contribution in [1.82, 2.24) is 4.90 Å². The summed E-state index contributed by atoms with van der Waals surface area (Å²) in [6.45, 7) is 2.09. The van der Waals surface area contributed by atoms with Gasteiger partial charge in [0.1, 0.15) is 6.10 Å². The first-order valence-corrected chi connectivity index (χ1v) is 5.37. The molecule has 2 aliphatic heterocycles. The number of fused-ring (bicyclic) bond motifs is 1. The number of nitrogens with zero attached hydrogens (tertiary/aromatic N) is 1.